The van der Waals surface area contributed by atoms with E-state index >= 15 is 0 Å². The molecule has 2 atom stereocenters. The second kappa shape index (κ2) is 5.07. The summed E-state index contributed by atoms with van der Waals surface area (Å²) in [6, 6.07) is 6.01. The van der Waals surface area contributed by atoms with Crippen molar-refractivity contribution in [1.82, 2.24) is 0 Å². The van der Waals surface area contributed by atoms with Gasteiger partial charge in [0.05, 0.1) is 12.1 Å². The third kappa shape index (κ3) is 2.50. The van der Waals surface area contributed by atoms with Crippen LogP contribution < -0.4 is 5.32 Å². The molecule has 16 heavy (non-hydrogen) atoms. The molecule has 0 heterocycles. The minimum atomic E-state index is -0.230. The van der Waals surface area contributed by atoms with Gasteiger partial charge in [-0.05, 0) is 37.5 Å². The molecule has 1 aromatic rings. The van der Waals surface area contributed by atoms with E-state index in [-0.39, 0.29) is 12.1 Å². The molecule has 1 aliphatic carbocycles. The second-order valence-electron chi connectivity index (χ2n) is 4.52. The van der Waals surface area contributed by atoms with E-state index in [1.807, 2.05) is 25.1 Å². The molecule has 3 heteroatoms. The fourth-order valence-electron chi connectivity index (χ4n) is 2.24. The fourth-order valence-corrected chi connectivity index (χ4v) is 2.42. The number of hydrogen-bond donors (Lipinski definition) is 2. The number of aliphatic hydroxyl groups is 1. The lowest BCUT2D eigenvalue weighted by Crippen LogP contribution is -2.36. The normalized spacial score (nSPS) is 25.4. The number of halogens is 1. The summed E-state index contributed by atoms with van der Waals surface area (Å²) in [5.74, 6) is 0. The van der Waals surface area contributed by atoms with Crippen LogP contribution in [0.2, 0.25) is 5.02 Å². The van der Waals surface area contributed by atoms with Gasteiger partial charge in [0, 0.05) is 10.7 Å². The average molecular weight is 240 g/mol. The Hall–Kier alpha value is -0.730. The highest BCUT2D eigenvalue weighted by Gasteiger charge is 2.23. The van der Waals surface area contributed by atoms with Crippen molar-refractivity contribution in [2.24, 2.45) is 0 Å². The van der Waals surface area contributed by atoms with E-state index in [0.717, 1.165) is 35.5 Å². The van der Waals surface area contributed by atoms with E-state index in [9.17, 15) is 5.11 Å². The highest BCUT2D eigenvalue weighted by atomic mass is 35.5. The molecular formula is C13H18ClNO. The van der Waals surface area contributed by atoms with Gasteiger partial charge in [-0.1, -0.05) is 30.5 Å². The number of benzene rings is 1. The molecule has 1 aromatic carbocycles. The van der Waals surface area contributed by atoms with Gasteiger partial charge in [0.25, 0.3) is 0 Å². The van der Waals surface area contributed by atoms with Gasteiger partial charge in [-0.25, -0.2) is 0 Å². The molecule has 0 radical (unpaired) electrons. The standard InChI is InChI=1S/C13H18ClNO/c1-9-10(14)5-4-7-11(9)15-12-6-2-3-8-13(12)16/h4-5,7,12-13,15-16H,2-3,6,8H2,1H3/t12-,13-/m0/s1. The van der Waals surface area contributed by atoms with Crippen LogP contribution in [0.1, 0.15) is 31.2 Å². The van der Waals surface area contributed by atoms with Gasteiger partial charge in [0.1, 0.15) is 0 Å². The minimum absolute atomic E-state index is 0.172. The molecule has 1 aliphatic rings. The minimum Gasteiger partial charge on any atom is -0.391 e. The van der Waals surface area contributed by atoms with Gasteiger partial charge in [0.15, 0.2) is 0 Å². The van der Waals surface area contributed by atoms with Crippen molar-refractivity contribution < 1.29 is 5.11 Å². The average Bonchev–Trinajstić information content (AvgIpc) is 2.28. The molecule has 0 amide bonds. The van der Waals surface area contributed by atoms with Crippen molar-refractivity contribution in [3.8, 4) is 0 Å². The first-order valence-electron chi connectivity index (χ1n) is 5.88. The predicted octanol–water partition coefficient (Wildman–Crippen LogP) is 3.36. The van der Waals surface area contributed by atoms with Crippen molar-refractivity contribution in [3.63, 3.8) is 0 Å². The van der Waals surface area contributed by atoms with Crippen LogP contribution in [0, 0.1) is 6.92 Å². The first kappa shape index (κ1) is 11.7. The van der Waals surface area contributed by atoms with Crippen LogP contribution in [0.5, 0.6) is 0 Å². The molecule has 0 unspecified atom stereocenters. The third-order valence-corrected chi connectivity index (χ3v) is 3.75. The number of anilines is 1. The first-order valence-corrected chi connectivity index (χ1v) is 6.26. The SMILES string of the molecule is Cc1c(Cl)cccc1N[C@H]1CCCC[C@@H]1O. The van der Waals surface area contributed by atoms with Gasteiger partial charge in [0.2, 0.25) is 0 Å². The maximum absolute atomic E-state index is 9.89. The summed E-state index contributed by atoms with van der Waals surface area (Å²) >= 11 is 6.07. The van der Waals surface area contributed by atoms with E-state index in [4.69, 9.17) is 11.6 Å². The molecule has 0 saturated heterocycles. The zero-order chi connectivity index (χ0) is 11.5. The Bertz CT molecular complexity index is 367. The van der Waals surface area contributed by atoms with E-state index < -0.39 is 0 Å². The van der Waals surface area contributed by atoms with Crippen LogP contribution in [-0.4, -0.2) is 17.3 Å². The zero-order valence-electron chi connectivity index (χ0n) is 9.54. The molecule has 0 bridgehead atoms. The van der Waals surface area contributed by atoms with Gasteiger partial charge >= 0.3 is 0 Å². The topological polar surface area (TPSA) is 32.3 Å². The molecule has 0 aromatic heterocycles. The highest BCUT2D eigenvalue weighted by molar-refractivity contribution is 6.31. The molecule has 0 spiro atoms. The smallest absolute Gasteiger partial charge is 0.0741 e. The molecule has 2 nitrogen and oxygen atoms in total. The summed E-state index contributed by atoms with van der Waals surface area (Å²) in [6.45, 7) is 2.00. The van der Waals surface area contributed by atoms with Crippen molar-refractivity contribution in [2.75, 3.05) is 5.32 Å². The van der Waals surface area contributed by atoms with Crippen molar-refractivity contribution >= 4 is 17.3 Å². The van der Waals surface area contributed by atoms with Gasteiger partial charge in [-0.3, -0.25) is 0 Å². The Morgan fingerprint density at radius 3 is 2.81 bits per heavy atom. The summed E-state index contributed by atoms with van der Waals surface area (Å²) in [4.78, 5) is 0. The molecule has 1 fully saturated rings. The van der Waals surface area contributed by atoms with Gasteiger partial charge < -0.3 is 10.4 Å². The van der Waals surface area contributed by atoms with Gasteiger partial charge in [-0.15, -0.1) is 0 Å². The van der Waals surface area contributed by atoms with Crippen LogP contribution in [-0.2, 0) is 0 Å². The molecule has 88 valence electrons. The van der Waals surface area contributed by atoms with Crippen LogP contribution in [0.4, 0.5) is 5.69 Å². The third-order valence-electron chi connectivity index (χ3n) is 3.34. The van der Waals surface area contributed by atoms with Crippen LogP contribution in [0.15, 0.2) is 18.2 Å². The lowest BCUT2D eigenvalue weighted by molar-refractivity contribution is 0.116. The number of nitrogens with one attached hydrogen (secondary N) is 1. The summed E-state index contributed by atoms with van der Waals surface area (Å²) in [7, 11) is 0. The highest BCUT2D eigenvalue weighted by Crippen LogP contribution is 2.27. The lowest BCUT2D eigenvalue weighted by Gasteiger charge is -2.29. The van der Waals surface area contributed by atoms with Crippen LogP contribution >= 0.6 is 11.6 Å². The van der Waals surface area contributed by atoms with Gasteiger partial charge in [-0.2, -0.15) is 0 Å². The Kier molecular flexibility index (Phi) is 3.72. The maximum Gasteiger partial charge on any atom is 0.0741 e. The fraction of sp³-hybridized carbons (Fsp3) is 0.538. The molecule has 0 aliphatic heterocycles. The van der Waals surface area contributed by atoms with Crippen molar-refractivity contribution in [2.45, 2.75) is 44.8 Å². The summed E-state index contributed by atoms with van der Waals surface area (Å²) in [5, 5.41) is 14.1. The van der Waals surface area contributed by atoms with E-state index in [1.165, 1.54) is 6.42 Å². The molecular weight excluding hydrogens is 222 g/mol. The monoisotopic (exact) mass is 239 g/mol. The van der Waals surface area contributed by atoms with Crippen LogP contribution in [0.25, 0.3) is 0 Å². The van der Waals surface area contributed by atoms with E-state index in [2.05, 4.69) is 5.32 Å². The maximum atomic E-state index is 9.89. The van der Waals surface area contributed by atoms with Crippen molar-refractivity contribution in [1.29, 1.82) is 0 Å². The second-order valence-corrected chi connectivity index (χ2v) is 4.92. The summed E-state index contributed by atoms with van der Waals surface area (Å²) < 4.78 is 0. The Labute approximate surface area is 102 Å². The van der Waals surface area contributed by atoms with Crippen molar-refractivity contribution in [3.05, 3.63) is 28.8 Å². The number of hydrogen-bond acceptors (Lipinski definition) is 2. The molecule has 1 saturated carbocycles. The number of rotatable bonds is 2. The Morgan fingerprint density at radius 2 is 2.06 bits per heavy atom. The quantitative estimate of drug-likeness (QED) is 0.830. The lowest BCUT2D eigenvalue weighted by atomic mass is 9.92. The molecule has 2 N–H and O–H groups in total. The Morgan fingerprint density at radius 1 is 1.31 bits per heavy atom. The summed E-state index contributed by atoms with van der Waals surface area (Å²) in [6.07, 6.45) is 4.03. The first-order chi connectivity index (χ1) is 7.68. The van der Waals surface area contributed by atoms with E-state index in [1.54, 1.807) is 0 Å². The van der Waals surface area contributed by atoms with E-state index in [0.29, 0.717) is 0 Å². The predicted molar refractivity (Wildman–Crippen MR) is 68.1 cm³/mol. The number of aliphatic hydroxyl groups excluding tert-OH is 1. The summed E-state index contributed by atoms with van der Waals surface area (Å²) in [5.41, 5.74) is 2.10. The largest absolute Gasteiger partial charge is 0.391 e. The zero-order valence-corrected chi connectivity index (χ0v) is 10.3. The Balaban J connectivity index is 2.10. The molecule has 2 rings (SSSR count). The van der Waals surface area contributed by atoms with Crippen LogP contribution in [0.3, 0.4) is 0 Å².